The summed E-state index contributed by atoms with van der Waals surface area (Å²) in [7, 11) is 1.01. The summed E-state index contributed by atoms with van der Waals surface area (Å²) < 4.78 is 38.7. The van der Waals surface area contributed by atoms with Gasteiger partial charge in [-0.05, 0) is 11.8 Å². The van der Waals surface area contributed by atoms with Crippen molar-refractivity contribution < 1.29 is 27.5 Å². The Labute approximate surface area is 82.2 Å². The van der Waals surface area contributed by atoms with E-state index in [1.54, 1.807) is 0 Å². The molecule has 0 bridgehead atoms. The Bertz CT molecular complexity index is 219. The molecule has 0 fully saturated rings. The van der Waals surface area contributed by atoms with Crippen LogP contribution < -0.4 is 5.32 Å². The van der Waals surface area contributed by atoms with Crippen LogP contribution in [0.15, 0.2) is 0 Å². The second kappa shape index (κ2) is 5.74. The molecule has 0 aromatic rings. The molecule has 0 radical (unpaired) electrons. The fraction of sp³-hybridized carbons (Fsp3) is 0.667. The molecule has 0 aliphatic carbocycles. The van der Waals surface area contributed by atoms with Crippen LogP contribution >= 0.6 is 11.8 Å². The van der Waals surface area contributed by atoms with Crippen molar-refractivity contribution in [2.75, 3.05) is 19.4 Å². The zero-order chi connectivity index (χ0) is 11.2. The largest absolute Gasteiger partial charge is 0.462 e. The molecule has 0 saturated heterocycles. The van der Waals surface area contributed by atoms with E-state index in [2.05, 4.69) is 4.74 Å². The van der Waals surface area contributed by atoms with E-state index in [1.807, 2.05) is 5.32 Å². The van der Waals surface area contributed by atoms with Gasteiger partial charge < -0.3 is 10.1 Å². The Morgan fingerprint density at radius 3 is 2.43 bits per heavy atom. The maximum absolute atomic E-state index is 11.6. The highest BCUT2D eigenvalue weighted by molar-refractivity contribution is 8.00. The number of hydrogen-bond acceptors (Lipinski definition) is 4. The second-order valence-corrected chi connectivity index (χ2v) is 3.20. The number of alkyl halides is 3. The van der Waals surface area contributed by atoms with Gasteiger partial charge in [0.1, 0.15) is 0 Å². The van der Waals surface area contributed by atoms with E-state index >= 15 is 0 Å². The average molecular weight is 231 g/mol. The van der Waals surface area contributed by atoms with Gasteiger partial charge in [0.05, 0.1) is 7.11 Å². The van der Waals surface area contributed by atoms with Crippen LogP contribution in [0, 0.1) is 0 Å². The van der Waals surface area contributed by atoms with Gasteiger partial charge in [0.2, 0.25) is 0 Å². The Morgan fingerprint density at radius 1 is 1.43 bits per heavy atom. The highest BCUT2D eigenvalue weighted by Crippen LogP contribution is 2.29. The zero-order valence-electron chi connectivity index (χ0n) is 7.18. The lowest BCUT2D eigenvalue weighted by Crippen LogP contribution is -2.33. The quantitative estimate of drug-likeness (QED) is 0.437. The lowest BCUT2D eigenvalue weighted by atomic mass is 10.6. The minimum Gasteiger partial charge on any atom is -0.462 e. The van der Waals surface area contributed by atoms with Crippen LogP contribution in [-0.2, 0) is 14.3 Å². The summed E-state index contributed by atoms with van der Waals surface area (Å²) in [6.07, 6.45) is 0. The van der Waals surface area contributed by atoms with Crippen LogP contribution in [0.3, 0.4) is 0 Å². The fourth-order valence-electron chi connectivity index (χ4n) is 0.496. The summed E-state index contributed by atoms with van der Waals surface area (Å²) in [5.41, 5.74) is -4.32. The lowest BCUT2D eigenvalue weighted by Gasteiger charge is -2.05. The van der Waals surface area contributed by atoms with Gasteiger partial charge in [-0.15, -0.1) is 0 Å². The molecule has 0 aliphatic heterocycles. The van der Waals surface area contributed by atoms with Gasteiger partial charge in [-0.25, -0.2) is 4.79 Å². The van der Waals surface area contributed by atoms with E-state index in [-0.39, 0.29) is 24.1 Å². The van der Waals surface area contributed by atoms with E-state index in [1.165, 1.54) is 0 Å². The maximum atomic E-state index is 11.6. The third-order valence-electron chi connectivity index (χ3n) is 1.02. The number of rotatable bonds is 3. The molecule has 0 unspecified atom stereocenters. The summed E-state index contributed by atoms with van der Waals surface area (Å²) in [6.45, 7) is -0.238. The Morgan fingerprint density at radius 2 is 2.00 bits per heavy atom. The predicted octanol–water partition coefficient (Wildman–Crippen LogP) is 0.529. The monoisotopic (exact) mass is 231 g/mol. The first-order valence-electron chi connectivity index (χ1n) is 3.43. The third-order valence-corrected chi connectivity index (χ3v) is 1.76. The number of carbonyl (C=O) groups excluding carboxylic acids is 2. The Balaban J connectivity index is 3.56. The number of methoxy groups -OCH3 is 1. The molecule has 4 nitrogen and oxygen atoms in total. The smallest absolute Gasteiger partial charge is 0.441 e. The molecule has 0 saturated carbocycles. The average Bonchev–Trinajstić information content (AvgIpc) is 2.09. The molecule has 8 heteroatoms. The normalized spacial score (nSPS) is 10.9. The summed E-state index contributed by atoms with van der Waals surface area (Å²) >= 11 is -0.272. The Hall–Kier alpha value is -0.920. The molecule has 0 heterocycles. The predicted molar refractivity (Wildman–Crippen MR) is 43.5 cm³/mol. The summed E-state index contributed by atoms with van der Waals surface area (Å²) in [6, 6.07) is 0. The number of hydrogen-bond donors (Lipinski definition) is 1. The van der Waals surface area contributed by atoms with Crippen molar-refractivity contribution in [3.8, 4) is 0 Å². The van der Waals surface area contributed by atoms with Gasteiger partial charge in [0.15, 0.2) is 0 Å². The minimum atomic E-state index is -4.32. The van der Waals surface area contributed by atoms with Gasteiger partial charge in [-0.1, -0.05) is 0 Å². The van der Waals surface area contributed by atoms with Crippen LogP contribution in [0.2, 0.25) is 0 Å². The van der Waals surface area contributed by atoms with Crippen molar-refractivity contribution in [3.05, 3.63) is 0 Å². The standard InChI is InChI=1S/C6H8F3NO3S/c1-13-5(12)4(11)10-2-3-14-6(7,8)9/h2-3H2,1H3,(H,10,11). The maximum Gasteiger partial charge on any atom is 0.441 e. The molecule has 0 rings (SSSR count). The van der Waals surface area contributed by atoms with E-state index in [4.69, 9.17) is 0 Å². The highest BCUT2D eigenvalue weighted by atomic mass is 32.2. The number of carbonyl (C=O) groups is 2. The summed E-state index contributed by atoms with van der Waals surface area (Å²) in [5.74, 6) is -2.51. The SMILES string of the molecule is COC(=O)C(=O)NCCSC(F)(F)F. The third kappa shape index (κ3) is 6.58. The van der Waals surface area contributed by atoms with Gasteiger partial charge in [-0.2, -0.15) is 13.2 Å². The van der Waals surface area contributed by atoms with Crippen molar-refractivity contribution in [1.82, 2.24) is 5.32 Å². The van der Waals surface area contributed by atoms with Crippen molar-refractivity contribution >= 4 is 23.6 Å². The fourth-order valence-corrected chi connectivity index (χ4v) is 0.932. The first-order valence-corrected chi connectivity index (χ1v) is 4.42. The molecule has 1 amide bonds. The van der Waals surface area contributed by atoms with Crippen LogP contribution in [0.1, 0.15) is 0 Å². The number of halogens is 3. The van der Waals surface area contributed by atoms with Gasteiger partial charge in [0, 0.05) is 12.3 Å². The van der Waals surface area contributed by atoms with Crippen molar-refractivity contribution in [2.45, 2.75) is 5.51 Å². The topological polar surface area (TPSA) is 55.4 Å². The molecule has 0 atom stereocenters. The molecular weight excluding hydrogens is 223 g/mol. The summed E-state index contributed by atoms with van der Waals surface area (Å²) in [4.78, 5) is 21.1. The van der Waals surface area contributed by atoms with E-state index in [0.717, 1.165) is 7.11 Å². The van der Waals surface area contributed by atoms with Crippen LogP contribution in [0.25, 0.3) is 0 Å². The van der Waals surface area contributed by atoms with Crippen molar-refractivity contribution in [2.24, 2.45) is 0 Å². The molecule has 82 valence electrons. The number of thioether (sulfide) groups is 1. The molecule has 0 aromatic heterocycles. The number of amides is 1. The van der Waals surface area contributed by atoms with E-state index < -0.39 is 17.4 Å². The van der Waals surface area contributed by atoms with Crippen LogP contribution in [0.4, 0.5) is 13.2 Å². The molecular formula is C6H8F3NO3S. The van der Waals surface area contributed by atoms with Gasteiger partial charge in [-0.3, -0.25) is 4.79 Å². The van der Waals surface area contributed by atoms with Gasteiger partial charge >= 0.3 is 17.4 Å². The second-order valence-electron chi connectivity index (χ2n) is 2.04. The lowest BCUT2D eigenvalue weighted by molar-refractivity contribution is -0.152. The first kappa shape index (κ1) is 13.1. The Kier molecular flexibility index (Phi) is 5.36. The van der Waals surface area contributed by atoms with Crippen LogP contribution in [-0.4, -0.2) is 36.8 Å². The van der Waals surface area contributed by atoms with Gasteiger partial charge in [0.25, 0.3) is 0 Å². The zero-order valence-corrected chi connectivity index (χ0v) is 8.00. The molecule has 0 spiro atoms. The minimum absolute atomic E-state index is 0.238. The van der Waals surface area contributed by atoms with Crippen molar-refractivity contribution in [1.29, 1.82) is 0 Å². The first-order chi connectivity index (χ1) is 6.37. The summed E-state index contributed by atoms with van der Waals surface area (Å²) in [5, 5.41) is 1.97. The van der Waals surface area contributed by atoms with Crippen LogP contribution in [0.5, 0.6) is 0 Å². The number of esters is 1. The van der Waals surface area contributed by atoms with E-state index in [0.29, 0.717) is 0 Å². The number of nitrogens with one attached hydrogen (secondary N) is 1. The number of ether oxygens (including phenoxy) is 1. The highest BCUT2D eigenvalue weighted by Gasteiger charge is 2.27. The van der Waals surface area contributed by atoms with Crippen molar-refractivity contribution in [3.63, 3.8) is 0 Å². The molecule has 0 aliphatic rings. The van der Waals surface area contributed by atoms with E-state index in [9.17, 15) is 22.8 Å². The molecule has 0 aromatic carbocycles. The molecule has 1 N–H and O–H groups in total. The molecule has 14 heavy (non-hydrogen) atoms.